The molecule has 0 saturated carbocycles. The van der Waals surface area contributed by atoms with E-state index in [4.69, 9.17) is 0 Å². The Balaban J connectivity index is 2.12. The molecule has 0 radical (unpaired) electrons. The molecule has 1 saturated heterocycles. The summed E-state index contributed by atoms with van der Waals surface area (Å²) in [6.07, 6.45) is 0.0646. The molecule has 0 spiro atoms. The number of rotatable bonds is 5. The highest BCUT2D eigenvalue weighted by molar-refractivity contribution is 7.17. The average Bonchev–Trinajstić information content (AvgIpc) is 3.26. The summed E-state index contributed by atoms with van der Waals surface area (Å²) >= 11 is 0.708. The maximum Gasteiger partial charge on any atom is 0.365 e. The van der Waals surface area contributed by atoms with Crippen molar-refractivity contribution in [3.05, 3.63) is 28.5 Å². The van der Waals surface area contributed by atoms with Crippen molar-refractivity contribution < 1.29 is 23.5 Å². The number of halogens is 2. The third-order valence-corrected chi connectivity index (χ3v) is 5.82. The molecule has 2 aromatic heterocycles. The van der Waals surface area contributed by atoms with E-state index < -0.39 is 18.3 Å². The third kappa shape index (κ3) is 4.58. The number of hydrogen-bond donors (Lipinski definition) is 2. The standard InChI is InChI=1S/C20H24F2N4O3S/c1-10-6-5-7-26(10)18(27)14-15(30-17(24-14)19(28)29)12-9-23-13(25-20(2,3)4)8-11(12)16(21)22/h8-10,16H,5-7H2,1-4H3,(H,23,25)(H,28,29)/t10-/m0/s1. The van der Waals surface area contributed by atoms with Crippen LogP contribution in [0.25, 0.3) is 10.4 Å². The summed E-state index contributed by atoms with van der Waals surface area (Å²) in [5, 5.41) is 12.1. The lowest BCUT2D eigenvalue weighted by Gasteiger charge is -2.23. The van der Waals surface area contributed by atoms with Crippen LogP contribution in [0.5, 0.6) is 0 Å². The number of carboxylic acids is 1. The second-order valence-electron chi connectivity index (χ2n) is 8.32. The molecule has 7 nitrogen and oxygen atoms in total. The first kappa shape index (κ1) is 22.1. The van der Waals surface area contributed by atoms with E-state index in [1.165, 1.54) is 12.3 Å². The first-order chi connectivity index (χ1) is 14.0. The summed E-state index contributed by atoms with van der Waals surface area (Å²) in [4.78, 5) is 34.5. The first-order valence-corrected chi connectivity index (χ1v) is 10.4. The molecule has 10 heteroatoms. The van der Waals surface area contributed by atoms with Gasteiger partial charge in [0.2, 0.25) is 5.01 Å². The van der Waals surface area contributed by atoms with E-state index in [-0.39, 0.29) is 44.1 Å². The Hall–Kier alpha value is -2.62. The van der Waals surface area contributed by atoms with Crippen molar-refractivity contribution in [2.45, 2.75) is 58.5 Å². The number of carboxylic acid groups (broad SMARTS) is 1. The van der Waals surface area contributed by atoms with Crippen molar-refractivity contribution in [1.82, 2.24) is 14.9 Å². The van der Waals surface area contributed by atoms with Crippen molar-refractivity contribution >= 4 is 29.0 Å². The van der Waals surface area contributed by atoms with E-state index in [2.05, 4.69) is 15.3 Å². The predicted molar refractivity (Wildman–Crippen MR) is 110 cm³/mol. The van der Waals surface area contributed by atoms with Crippen LogP contribution in [-0.4, -0.2) is 50.0 Å². The van der Waals surface area contributed by atoms with Crippen molar-refractivity contribution in [2.75, 3.05) is 11.9 Å². The number of nitrogens with one attached hydrogen (secondary N) is 1. The topological polar surface area (TPSA) is 95.4 Å². The molecule has 1 aliphatic rings. The van der Waals surface area contributed by atoms with E-state index in [1.807, 2.05) is 27.7 Å². The van der Waals surface area contributed by atoms with Crippen molar-refractivity contribution in [1.29, 1.82) is 0 Å². The molecule has 1 aliphatic heterocycles. The van der Waals surface area contributed by atoms with Crippen LogP contribution in [0.4, 0.5) is 14.6 Å². The fourth-order valence-electron chi connectivity index (χ4n) is 3.40. The minimum atomic E-state index is -2.84. The SMILES string of the molecule is C[C@H]1CCCN1C(=O)c1nc(C(=O)O)sc1-c1cnc(NC(C)(C)C)cc1C(F)F. The smallest absolute Gasteiger partial charge is 0.365 e. The summed E-state index contributed by atoms with van der Waals surface area (Å²) in [5.41, 5.74) is -0.820. The zero-order chi connectivity index (χ0) is 22.2. The van der Waals surface area contributed by atoms with Crippen LogP contribution in [-0.2, 0) is 0 Å². The monoisotopic (exact) mass is 438 g/mol. The van der Waals surface area contributed by atoms with Gasteiger partial charge in [0.25, 0.3) is 12.3 Å². The quantitative estimate of drug-likeness (QED) is 0.704. The number of carbonyl (C=O) groups is 2. The van der Waals surface area contributed by atoms with Crippen molar-refractivity contribution in [2.24, 2.45) is 0 Å². The number of amides is 1. The summed E-state index contributed by atoms with van der Waals surface area (Å²) < 4.78 is 27.8. The lowest BCUT2D eigenvalue weighted by molar-refractivity contribution is 0.0696. The Morgan fingerprint density at radius 3 is 2.60 bits per heavy atom. The molecule has 2 N–H and O–H groups in total. The van der Waals surface area contributed by atoms with E-state index >= 15 is 0 Å². The van der Waals surface area contributed by atoms with Crippen molar-refractivity contribution in [3.8, 4) is 10.4 Å². The number of alkyl halides is 2. The molecule has 162 valence electrons. The second-order valence-corrected chi connectivity index (χ2v) is 9.32. The molecule has 3 rings (SSSR count). The minimum Gasteiger partial charge on any atom is -0.476 e. The van der Waals surface area contributed by atoms with Gasteiger partial charge in [0.15, 0.2) is 0 Å². The number of hydrogen-bond acceptors (Lipinski definition) is 6. The third-order valence-electron chi connectivity index (χ3n) is 4.75. The van der Waals surface area contributed by atoms with Crippen LogP contribution < -0.4 is 5.32 Å². The highest BCUT2D eigenvalue weighted by Gasteiger charge is 2.32. The normalized spacial score (nSPS) is 16.9. The van der Waals surface area contributed by atoms with Crippen LogP contribution in [0.1, 0.15) is 72.8 Å². The highest BCUT2D eigenvalue weighted by Crippen LogP contribution is 2.39. The van der Waals surface area contributed by atoms with Crippen LogP contribution in [0.3, 0.4) is 0 Å². The van der Waals surface area contributed by atoms with Gasteiger partial charge in [0.1, 0.15) is 11.5 Å². The number of carbonyl (C=O) groups excluding carboxylic acids is 1. The summed E-state index contributed by atoms with van der Waals surface area (Å²) in [5.74, 6) is -1.49. The summed E-state index contributed by atoms with van der Waals surface area (Å²) in [6, 6.07) is 1.21. The highest BCUT2D eigenvalue weighted by atomic mass is 32.1. The van der Waals surface area contributed by atoms with Crippen LogP contribution >= 0.6 is 11.3 Å². The lowest BCUT2D eigenvalue weighted by Crippen LogP contribution is -2.34. The maximum absolute atomic E-state index is 13.9. The Kier molecular flexibility index (Phi) is 6.07. The van der Waals surface area contributed by atoms with Gasteiger partial charge in [-0.2, -0.15) is 0 Å². The molecule has 1 atom stereocenters. The minimum absolute atomic E-state index is 0.0182. The lowest BCUT2D eigenvalue weighted by atomic mass is 10.1. The summed E-state index contributed by atoms with van der Waals surface area (Å²) in [6.45, 7) is 8.05. The number of thiazole rings is 1. The van der Waals surface area contributed by atoms with E-state index in [9.17, 15) is 23.5 Å². The predicted octanol–water partition coefficient (Wildman–Crippen LogP) is 4.68. The number of aromatic carboxylic acids is 1. The Bertz CT molecular complexity index is 971. The molecule has 0 unspecified atom stereocenters. The molecule has 1 amide bonds. The maximum atomic E-state index is 13.9. The summed E-state index contributed by atoms with van der Waals surface area (Å²) in [7, 11) is 0. The first-order valence-electron chi connectivity index (χ1n) is 9.59. The zero-order valence-corrected chi connectivity index (χ0v) is 18.0. The molecule has 30 heavy (non-hydrogen) atoms. The largest absolute Gasteiger partial charge is 0.476 e. The van der Waals surface area contributed by atoms with Crippen molar-refractivity contribution in [3.63, 3.8) is 0 Å². The Labute approximate surface area is 177 Å². The van der Waals surface area contributed by atoms with Gasteiger partial charge in [0.05, 0.1) is 4.88 Å². The van der Waals surface area contributed by atoms with E-state index in [1.54, 1.807) is 4.90 Å². The average molecular weight is 439 g/mol. The van der Waals surface area contributed by atoms with Crippen LogP contribution in [0, 0.1) is 0 Å². The fraction of sp³-hybridized carbons (Fsp3) is 0.500. The van der Waals surface area contributed by atoms with Gasteiger partial charge in [-0.3, -0.25) is 4.79 Å². The molecule has 3 heterocycles. The Morgan fingerprint density at radius 1 is 1.37 bits per heavy atom. The number of nitrogens with zero attached hydrogens (tertiary/aromatic N) is 3. The van der Waals surface area contributed by atoms with Gasteiger partial charge in [-0.25, -0.2) is 23.5 Å². The van der Waals surface area contributed by atoms with Gasteiger partial charge in [-0.05, 0) is 46.6 Å². The number of anilines is 1. The van der Waals surface area contributed by atoms with Gasteiger partial charge in [0, 0.05) is 35.4 Å². The second kappa shape index (κ2) is 8.25. The number of aromatic nitrogens is 2. The zero-order valence-electron chi connectivity index (χ0n) is 17.2. The molecule has 1 fully saturated rings. The molecule has 0 aromatic carbocycles. The van der Waals surface area contributed by atoms with Crippen LogP contribution in [0.2, 0.25) is 0 Å². The Morgan fingerprint density at radius 2 is 2.07 bits per heavy atom. The fourth-order valence-corrected chi connectivity index (χ4v) is 4.33. The van der Waals surface area contributed by atoms with Gasteiger partial charge < -0.3 is 15.3 Å². The van der Waals surface area contributed by atoms with E-state index in [0.717, 1.165) is 12.8 Å². The van der Waals surface area contributed by atoms with E-state index in [0.29, 0.717) is 17.9 Å². The molecular weight excluding hydrogens is 414 g/mol. The number of likely N-dealkylation sites (tertiary alicyclic amines) is 1. The molecule has 0 aliphatic carbocycles. The van der Waals surface area contributed by atoms with Crippen LogP contribution in [0.15, 0.2) is 12.3 Å². The number of pyridine rings is 1. The molecular formula is C20H24F2N4O3S. The van der Waals surface area contributed by atoms with Gasteiger partial charge in [-0.15, -0.1) is 11.3 Å². The molecule has 2 aromatic rings. The van der Waals surface area contributed by atoms with Gasteiger partial charge >= 0.3 is 5.97 Å². The van der Waals surface area contributed by atoms with Gasteiger partial charge in [-0.1, -0.05) is 0 Å². The molecule has 0 bridgehead atoms.